The quantitative estimate of drug-likeness (QED) is 0.224. The molecular weight excluding hydrogens is 629 g/mol. The zero-order chi connectivity index (χ0) is 33.5. The molecule has 7 nitrogen and oxygen atoms in total. The first-order valence-electron chi connectivity index (χ1n) is 16.5. The van der Waals surface area contributed by atoms with Gasteiger partial charge in [-0.2, -0.15) is 8.61 Å². The molecule has 2 fully saturated rings. The van der Waals surface area contributed by atoms with E-state index in [-0.39, 0.29) is 29.2 Å². The standard InChI is InChI=1S/C38H44N2O5S2/c1-5-28-11-15-30(16-12-28)35-23-37-34(25-39(35)46(42,43)32-19-7-26(3)8-20-32)38(41)24-36(31-17-13-29(6-2)14-18-31)40(37)47(44,45)33-21-9-27(4)10-22-33/h7-22,34-38,41H,5-6,23-25H2,1-4H3/t34?,35?,36-,37?,38-/m0/s1. The minimum absolute atomic E-state index is 0.0103. The maximum absolute atomic E-state index is 14.7. The van der Waals surface area contributed by atoms with Gasteiger partial charge in [0.05, 0.1) is 28.0 Å². The van der Waals surface area contributed by atoms with Gasteiger partial charge in [-0.15, -0.1) is 0 Å². The van der Waals surface area contributed by atoms with E-state index in [1.54, 1.807) is 52.8 Å². The van der Waals surface area contributed by atoms with Crippen molar-refractivity contribution in [2.75, 3.05) is 6.54 Å². The number of fused-ring (bicyclic) bond motifs is 1. The van der Waals surface area contributed by atoms with Crippen LogP contribution in [0.15, 0.2) is 107 Å². The van der Waals surface area contributed by atoms with E-state index in [9.17, 15) is 21.9 Å². The first-order chi connectivity index (χ1) is 22.4. The van der Waals surface area contributed by atoms with Crippen molar-refractivity contribution in [2.45, 2.75) is 87.4 Å². The number of rotatable bonds is 8. The van der Waals surface area contributed by atoms with E-state index in [4.69, 9.17) is 0 Å². The summed E-state index contributed by atoms with van der Waals surface area (Å²) >= 11 is 0. The largest absolute Gasteiger partial charge is 0.393 e. The Morgan fingerprint density at radius 3 is 1.53 bits per heavy atom. The summed E-state index contributed by atoms with van der Waals surface area (Å²) < 4.78 is 61.3. The Morgan fingerprint density at radius 2 is 1.06 bits per heavy atom. The lowest BCUT2D eigenvalue weighted by Gasteiger charge is -2.53. The van der Waals surface area contributed by atoms with E-state index in [1.807, 2.05) is 62.4 Å². The Labute approximate surface area is 280 Å². The highest BCUT2D eigenvalue weighted by Gasteiger charge is 2.54. The van der Waals surface area contributed by atoms with E-state index >= 15 is 0 Å². The molecular formula is C38H44N2O5S2. The lowest BCUT2D eigenvalue weighted by Crippen LogP contribution is -2.62. The normalized spacial score (nSPS) is 24.1. The number of aliphatic hydroxyl groups excluding tert-OH is 1. The van der Waals surface area contributed by atoms with Crippen LogP contribution < -0.4 is 0 Å². The predicted octanol–water partition coefficient (Wildman–Crippen LogP) is 6.75. The van der Waals surface area contributed by atoms with Crippen molar-refractivity contribution < 1.29 is 21.9 Å². The molecule has 2 heterocycles. The third-order valence-corrected chi connectivity index (χ3v) is 13.9. The average Bonchev–Trinajstić information content (AvgIpc) is 3.08. The summed E-state index contributed by atoms with van der Waals surface area (Å²) in [6.45, 7) is 7.96. The van der Waals surface area contributed by atoms with E-state index < -0.39 is 50.2 Å². The molecule has 4 aromatic rings. The number of nitrogens with zero attached hydrogens (tertiary/aromatic N) is 2. The second-order valence-electron chi connectivity index (χ2n) is 13.0. The topological polar surface area (TPSA) is 95.0 Å². The molecule has 0 aliphatic carbocycles. The lowest BCUT2D eigenvalue weighted by atomic mass is 9.76. The highest BCUT2D eigenvalue weighted by Crippen LogP contribution is 2.49. The number of aryl methyl sites for hydroxylation is 4. The summed E-state index contributed by atoms with van der Waals surface area (Å²) in [6, 6.07) is 27.6. The minimum Gasteiger partial charge on any atom is -0.393 e. The van der Waals surface area contributed by atoms with Crippen molar-refractivity contribution in [3.63, 3.8) is 0 Å². The third kappa shape index (κ3) is 6.44. The summed E-state index contributed by atoms with van der Waals surface area (Å²) in [5.74, 6) is -0.632. The van der Waals surface area contributed by atoms with Gasteiger partial charge in [-0.05, 0) is 86.1 Å². The first kappa shape index (κ1) is 33.6. The minimum atomic E-state index is -4.06. The molecule has 47 heavy (non-hydrogen) atoms. The number of hydrogen-bond acceptors (Lipinski definition) is 5. The van der Waals surface area contributed by atoms with Crippen molar-refractivity contribution in [3.05, 3.63) is 130 Å². The molecule has 3 unspecified atom stereocenters. The van der Waals surface area contributed by atoms with Crippen LogP contribution in [0.5, 0.6) is 0 Å². The van der Waals surface area contributed by atoms with E-state index in [2.05, 4.69) is 13.8 Å². The Bertz CT molecular complexity index is 1910. The fourth-order valence-corrected chi connectivity index (χ4v) is 10.7. The molecule has 0 spiro atoms. The van der Waals surface area contributed by atoms with Crippen LogP contribution in [0.3, 0.4) is 0 Å². The Kier molecular flexibility index (Phi) is 9.48. The van der Waals surface area contributed by atoms with Crippen molar-refractivity contribution >= 4 is 20.0 Å². The van der Waals surface area contributed by atoms with Gasteiger partial charge in [-0.25, -0.2) is 16.8 Å². The molecule has 4 aromatic carbocycles. The molecule has 248 valence electrons. The van der Waals surface area contributed by atoms with Gasteiger partial charge in [0.15, 0.2) is 0 Å². The molecule has 0 saturated carbocycles. The molecule has 1 N–H and O–H groups in total. The summed E-state index contributed by atoms with van der Waals surface area (Å²) in [7, 11) is -8.05. The van der Waals surface area contributed by atoms with Crippen LogP contribution in [-0.4, -0.2) is 49.2 Å². The Hall–Kier alpha value is -3.34. The van der Waals surface area contributed by atoms with Crippen LogP contribution in [0.1, 0.15) is 72.2 Å². The van der Waals surface area contributed by atoms with Gasteiger partial charge < -0.3 is 5.11 Å². The van der Waals surface area contributed by atoms with Crippen molar-refractivity contribution in [1.82, 2.24) is 8.61 Å². The second kappa shape index (κ2) is 13.3. The fourth-order valence-electron chi connectivity index (χ4n) is 7.21. The first-order valence-corrected chi connectivity index (χ1v) is 19.4. The molecule has 2 aliphatic rings. The number of piperidine rings is 2. The highest BCUT2D eigenvalue weighted by molar-refractivity contribution is 7.89. The Morgan fingerprint density at radius 1 is 0.617 bits per heavy atom. The van der Waals surface area contributed by atoms with Crippen LogP contribution in [0.25, 0.3) is 0 Å². The van der Waals surface area contributed by atoms with Crippen LogP contribution in [0.2, 0.25) is 0 Å². The van der Waals surface area contributed by atoms with Gasteiger partial charge in [0.1, 0.15) is 0 Å². The Balaban J connectivity index is 1.50. The molecule has 0 bridgehead atoms. The molecule has 0 amide bonds. The lowest BCUT2D eigenvalue weighted by molar-refractivity contribution is -0.0492. The molecule has 2 aliphatic heterocycles. The zero-order valence-electron chi connectivity index (χ0n) is 27.5. The average molecular weight is 673 g/mol. The van der Waals surface area contributed by atoms with Crippen molar-refractivity contribution in [1.29, 1.82) is 0 Å². The summed E-state index contributed by atoms with van der Waals surface area (Å²) in [6.07, 6.45) is 1.14. The van der Waals surface area contributed by atoms with E-state index in [0.717, 1.165) is 46.2 Å². The second-order valence-corrected chi connectivity index (χ2v) is 16.8. The molecule has 6 rings (SSSR count). The molecule has 5 atom stereocenters. The van der Waals surface area contributed by atoms with Gasteiger partial charge in [-0.1, -0.05) is 97.8 Å². The van der Waals surface area contributed by atoms with Crippen LogP contribution in [-0.2, 0) is 32.9 Å². The fraction of sp³-hybridized carbons (Fsp3) is 0.368. The van der Waals surface area contributed by atoms with Crippen LogP contribution in [0.4, 0.5) is 0 Å². The molecule has 0 radical (unpaired) electrons. The van der Waals surface area contributed by atoms with Crippen LogP contribution in [0, 0.1) is 19.8 Å². The molecule has 9 heteroatoms. The van der Waals surface area contributed by atoms with Gasteiger partial charge in [0, 0.05) is 18.5 Å². The predicted molar refractivity (Wildman–Crippen MR) is 185 cm³/mol. The monoisotopic (exact) mass is 672 g/mol. The van der Waals surface area contributed by atoms with Gasteiger partial charge in [0.2, 0.25) is 20.0 Å². The summed E-state index contributed by atoms with van der Waals surface area (Å²) in [4.78, 5) is 0.368. The number of hydrogen-bond donors (Lipinski definition) is 1. The highest BCUT2D eigenvalue weighted by atomic mass is 32.2. The molecule has 2 saturated heterocycles. The smallest absolute Gasteiger partial charge is 0.243 e. The molecule has 0 aromatic heterocycles. The van der Waals surface area contributed by atoms with E-state index in [1.165, 1.54) is 4.31 Å². The maximum Gasteiger partial charge on any atom is 0.243 e. The third-order valence-electron chi connectivity index (χ3n) is 10.1. The van der Waals surface area contributed by atoms with Crippen molar-refractivity contribution in [3.8, 4) is 0 Å². The van der Waals surface area contributed by atoms with Crippen molar-refractivity contribution in [2.24, 2.45) is 5.92 Å². The van der Waals surface area contributed by atoms with Gasteiger partial charge >= 0.3 is 0 Å². The zero-order valence-corrected chi connectivity index (χ0v) is 29.1. The van der Waals surface area contributed by atoms with Gasteiger partial charge in [0.25, 0.3) is 0 Å². The van der Waals surface area contributed by atoms with Crippen LogP contribution >= 0.6 is 0 Å². The summed E-state index contributed by atoms with van der Waals surface area (Å²) in [5.41, 5.74) is 5.78. The number of benzene rings is 4. The van der Waals surface area contributed by atoms with Gasteiger partial charge in [-0.3, -0.25) is 0 Å². The SMILES string of the molecule is CCc1ccc(C2CC3C(CN2S(=O)(=O)c2ccc(C)cc2)[C@@H](O)C[C@@H](c2ccc(CC)cc2)N3S(=O)(=O)c2ccc(C)cc2)cc1. The number of aliphatic hydroxyl groups is 1. The summed E-state index contributed by atoms with van der Waals surface area (Å²) in [5, 5.41) is 11.8. The van der Waals surface area contributed by atoms with E-state index in [0.29, 0.717) is 0 Å². The number of sulfonamides is 2. The maximum atomic E-state index is 14.7.